The Hall–Kier alpha value is -1.15. The molecule has 0 saturated heterocycles. The lowest BCUT2D eigenvalue weighted by Gasteiger charge is -2.12. The van der Waals surface area contributed by atoms with Gasteiger partial charge < -0.3 is 9.47 Å². The van der Waals surface area contributed by atoms with Crippen molar-refractivity contribution >= 4 is 22.1 Å². The predicted molar refractivity (Wildman–Crippen MR) is 48.4 cm³/mol. The first-order chi connectivity index (χ1) is 6.88. The van der Waals surface area contributed by atoms with Gasteiger partial charge in [0.05, 0.1) is 27.8 Å². The van der Waals surface area contributed by atoms with E-state index in [1.165, 1.54) is 0 Å². The van der Waals surface area contributed by atoms with E-state index in [1.807, 2.05) is 0 Å². The topological polar surface area (TPSA) is 96.0 Å². The molecule has 0 aromatic heterocycles. The van der Waals surface area contributed by atoms with E-state index in [9.17, 15) is 18.0 Å². The highest BCUT2D eigenvalue weighted by atomic mass is 32.2. The molecular formula is C7H12O7S. The molecule has 0 aliphatic heterocycles. The quantitative estimate of drug-likeness (QED) is 0.452. The van der Waals surface area contributed by atoms with Gasteiger partial charge in [-0.2, -0.15) is 8.42 Å². The number of carbonyl (C=O) groups is 2. The molecule has 1 atom stereocenters. The smallest absolute Gasteiger partial charge is 0.327 e. The molecule has 7 nitrogen and oxygen atoms in total. The van der Waals surface area contributed by atoms with Gasteiger partial charge in [-0.15, -0.1) is 0 Å². The van der Waals surface area contributed by atoms with Gasteiger partial charge in [0.15, 0.2) is 5.25 Å². The van der Waals surface area contributed by atoms with E-state index >= 15 is 0 Å². The van der Waals surface area contributed by atoms with E-state index in [4.69, 9.17) is 0 Å². The van der Waals surface area contributed by atoms with Gasteiger partial charge in [-0.05, 0) is 0 Å². The van der Waals surface area contributed by atoms with Crippen molar-refractivity contribution in [2.24, 2.45) is 0 Å². The number of methoxy groups -OCH3 is 2. The lowest BCUT2D eigenvalue weighted by Crippen LogP contribution is -2.34. The standard InChI is InChI=1S/C7H12O7S/c1-12-6(8)4-5(7(9)13-2)15(10,11)14-3/h5H,4H2,1-3H3. The fourth-order valence-corrected chi connectivity index (χ4v) is 1.69. The van der Waals surface area contributed by atoms with Crippen molar-refractivity contribution in [1.82, 2.24) is 0 Å². The lowest BCUT2D eigenvalue weighted by atomic mass is 10.3. The molecule has 88 valence electrons. The highest BCUT2D eigenvalue weighted by Gasteiger charge is 2.36. The molecule has 8 heteroatoms. The fraction of sp³-hybridized carbons (Fsp3) is 0.714. The van der Waals surface area contributed by atoms with Crippen LogP contribution in [-0.4, -0.2) is 46.9 Å². The second-order valence-corrected chi connectivity index (χ2v) is 4.34. The van der Waals surface area contributed by atoms with E-state index in [1.54, 1.807) is 0 Å². The van der Waals surface area contributed by atoms with E-state index in [0.717, 1.165) is 21.3 Å². The van der Waals surface area contributed by atoms with Gasteiger partial charge in [0, 0.05) is 0 Å². The van der Waals surface area contributed by atoms with Crippen LogP contribution in [0.5, 0.6) is 0 Å². The number of esters is 2. The highest BCUT2D eigenvalue weighted by molar-refractivity contribution is 7.88. The van der Waals surface area contributed by atoms with E-state index < -0.39 is 33.7 Å². The summed E-state index contributed by atoms with van der Waals surface area (Å²) in [5.41, 5.74) is 0. The summed E-state index contributed by atoms with van der Waals surface area (Å²) in [5.74, 6) is -1.91. The molecule has 0 bridgehead atoms. The molecule has 0 N–H and O–H groups in total. The molecule has 0 saturated carbocycles. The van der Waals surface area contributed by atoms with Gasteiger partial charge in [-0.3, -0.25) is 13.8 Å². The Morgan fingerprint density at radius 3 is 2.00 bits per heavy atom. The zero-order valence-electron chi connectivity index (χ0n) is 8.55. The Labute approximate surface area is 87.4 Å². The van der Waals surface area contributed by atoms with Crippen LogP contribution in [0.2, 0.25) is 0 Å². The van der Waals surface area contributed by atoms with Gasteiger partial charge in [0.25, 0.3) is 10.1 Å². The molecule has 0 spiro atoms. The number of carbonyl (C=O) groups excluding carboxylic acids is 2. The third-order valence-electron chi connectivity index (χ3n) is 1.62. The first-order valence-corrected chi connectivity index (χ1v) is 5.30. The van der Waals surface area contributed by atoms with Crippen LogP contribution < -0.4 is 0 Å². The molecule has 0 rings (SSSR count). The SMILES string of the molecule is COC(=O)CC(C(=O)OC)S(=O)(=O)OC. The first kappa shape index (κ1) is 13.8. The normalized spacial score (nSPS) is 13.0. The first-order valence-electron chi connectivity index (χ1n) is 3.83. The van der Waals surface area contributed by atoms with Gasteiger partial charge in [-0.1, -0.05) is 0 Å². The van der Waals surface area contributed by atoms with Crippen LogP contribution in [0.4, 0.5) is 0 Å². The largest absolute Gasteiger partial charge is 0.469 e. The summed E-state index contributed by atoms with van der Waals surface area (Å²) in [5, 5.41) is -1.69. The van der Waals surface area contributed by atoms with E-state index in [0.29, 0.717) is 0 Å². The Balaban J connectivity index is 4.91. The van der Waals surface area contributed by atoms with Crippen LogP contribution in [0.3, 0.4) is 0 Å². The van der Waals surface area contributed by atoms with Crippen LogP contribution in [0.15, 0.2) is 0 Å². The summed E-state index contributed by atoms with van der Waals surface area (Å²) in [6.45, 7) is 0. The third-order valence-corrected chi connectivity index (χ3v) is 3.15. The number of hydrogen-bond donors (Lipinski definition) is 0. The molecule has 0 aliphatic carbocycles. The zero-order valence-corrected chi connectivity index (χ0v) is 9.37. The van der Waals surface area contributed by atoms with Crippen molar-refractivity contribution in [2.45, 2.75) is 11.7 Å². The Bertz CT molecular complexity index is 331. The van der Waals surface area contributed by atoms with Crippen molar-refractivity contribution < 1.29 is 31.7 Å². The summed E-state index contributed by atoms with van der Waals surface area (Å²) in [7, 11) is -1.17. The molecule has 0 heterocycles. The van der Waals surface area contributed by atoms with Crippen LogP contribution in [-0.2, 0) is 33.4 Å². The molecule has 0 aliphatic rings. The van der Waals surface area contributed by atoms with E-state index in [-0.39, 0.29) is 0 Å². The fourth-order valence-electron chi connectivity index (χ4n) is 0.786. The molecule has 1 unspecified atom stereocenters. The van der Waals surface area contributed by atoms with Gasteiger partial charge in [-0.25, -0.2) is 0 Å². The molecule has 15 heavy (non-hydrogen) atoms. The van der Waals surface area contributed by atoms with Crippen LogP contribution in [0.1, 0.15) is 6.42 Å². The minimum atomic E-state index is -4.15. The maximum atomic E-state index is 11.2. The van der Waals surface area contributed by atoms with Gasteiger partial charge in [0.2, 0.25) is 0 Å². The maximum Gasteiger partial charge on any atom is 0.327 e. The average molecular weight is 240 g/mol. The average Bonchev–Trinajstić information content (AvgIpc) is 2.24. The predicted octanol–water partition coefficient (Wildman–Crippen LogP) is -0.933. The Kier molecular flexibility index (Phi) is 5.23. The second kappa shape index (κ2) is 5.66. The van der Waals surface area contributed by atoms with Crippen LogP contribution in [0.25, 0.3) is 0 Å². The Morgan fingerprint density at radius 2 is 1.67 bits per heavy atom. The summed E-state index contributed by atoms with van der Waals surface area (Å²) in [6, 6.07) is 0. The van der Waals surface area contributed by atoms with Crippen molar-refractivity contribution in [2.75, 3.05) is 21.3 Å². The van der Waals surface area contributed by atoms with E-state index in [2.05, 4.69) is 13.7 Å². The Morgan fingerprint density at radius 1 is 1.13 bits per heavy atom. The van der Waals surface area contributed by atoms with Crippen molar-refractivity contribution in [1.29, 1.82) is 0 Å². The molecule has 0 fully saturated rings. The second-order valence-electron chi connectivity index (χ2n) is 2.45. The monoisotopic (exact) mass is 240 g/mol. The molecule has 0 amide bonds. The molecule has 0 aromatic rings. The number of ether oxygens (including phenoxy) is 2. The van der Waals surface area contributed by atoms with Crippen molar-refractivity contribution in [3.8, 4) is 0 Å². The maximum absolute atomic E-state index is 11.2. The minimum absolute atomic E-state index is 0.640. The van der Waals surface area contributed by atoms with Gasteiger partial charge in [0.1, 0.15) is 0 Å². The van der Waals surface area contributed by atoms with Gasteiger partial charge >= 0.3 is 11.9 Å². The van der Waals surface area contributed by atoms with Crippen LogP contribution >= 0.6 is 0 Å². The molecular weight excluding hydrogens is 228 g/mol. The third kappa shape index (κ3) is 3.84. The summed E-state index contributed by atoms with van der Waals surface area (Å²) < 4.78 is 35.1. The lowest BCUT2D eigenvalue weighted by molar-refractivity contribution is -0.146. The molecule has 0 radical (unpaired) electrons. The summed E-state index contributed by atoms with van der Waals surface area (Å²) >= 11 is 0. The van der Waals surface area contributed by atoms with Crippen molar-refractivity contribution in [3.63, 3.8) is 0 Å². The minimum Gasteiger partial charge on any atom is -0.469 e. The number of rotatable bonds is 5. The molecule has 0 aromatic carbocycles. The van der Waals surface area contributed by atoms with Crippen molar-refractivity contribution in [3.05, 3.63) is 0 Å². The zero-order chi connectivity index (χ0) is 12.1. The highest BCUT2D eigenvalue weighted by Crippen LogP contribution is 2.10. The summed E-state index contributed by atoms with van der Waals surface area (Å²) in [4.78, 5) is 21.9. The summed E-state index contributed by atoms with van der Waals surface area (Å²) in [6.07, 6.45) is -0.640. The van der Waals surface area contributed by atoms with Crippen LogP contribution in [0, 0.1) is 0 Å². The number of hydrogen-bond acceptors (Lipinski definition) is 7.